The Morgan fingerprint density at radius 1 is 1.11 bits per heavy atom. The summed E-state index contributed by atoms with van der Waals surface area (Å²) in [7, 11) is -1.96. The van der Waals surface area contributed by atoms with Crippen molar-refractivity contribution in [1.29, 1.82) is 0 Å². The molecular weight excluding hydrogens is 472 g/mol. The van der Waals surface area contributed by atoms with Crippen LogP contribution in [0, 0.1) is 0 Å². The lowest BCUT2D eigenvalue weighted by Crippen LogP contribution is -2.41. The lowest BCUT2D eigenvalue weighted by molar-refractivity contribution is -0.122. The number of methoxy groups -OCH3 is 1. The van der Waals surface area contributed by atoms with Gasteiger partial charge in [0.1, 0.15) is 30.3 Å². The standard InChI is InChI=1S/C25H32N2O7S/c1-25(2)16-20(19-9-8-18(31-3)15-22(19)34-25)26-24(28)6-5-11-27(35(4,29)30)17-7-10-21-23(14-17)33-13-12-32-21/h7-10,14-15,20H,5-6,11-13,16H2,1-4H3,(H,26,28)/t20-/m0/s1. The van der Waals surface area contributed by atoms with Gasteiger partial charge in [-0.25, -0.2) is 8.42 Å². The molecule has 2 aliphatic rings. The minimum atomic E-state index is -3.55. The zero-order valence-electron chi connectivity index (χ0n) is 20.5. The molecule has 1 atom stereocenters. The molecule has 4 rings (SSSR count). The van der Waals surface area contributed by atoms with Crippen LogP contribution in [-0.2, 0) is 14.8 Å². The summed E-state index contributed by atoms with van der Waals surface area (Å²) in [5.41, 5.74) is 0.918. The second-order valence-corrected chi connectivity index (χ2v) is 11.3. The van der Waals surface area contributed by atoms with Crippen molar-refractivity contribution in [3.8, 4) is 23.0 Å². The Labute approximate surface area is 206 Å². The highest BCUT2D eigenvalue weighted by Gasteiger charge is 2.34. The Morgan fingerprint density at radius 2 is 1.86 bits per heavy atom. The highest BCUT2D eigenvalue weighted by atomic mass is 32.2. The first kappa shape index (κ1) is 25.0. The molecule has 9 nitrogen and oxygen atoms in total. The van der Waals surface area contributed by atoms with E-state index in [1.807, 2.05) is 32.0 Å². The molecule has 0 aromatic heterocycles. The van der Waals surface area contributed by atoms with Gasteiger partial charge in [0.15, 0.2) is 11.5 Å². The highest BCUT2D eigenvalue weighted by molar-refractivity contribution is 7.92. The summed E-state index contributed by atoms with van der Waals surface area (Å²) in [4.78, 5) is 12.8. The van der Waals surface area contributed by atoms with E-state index in [9.17, 15) is 13.2 Å². The van der Waals surface area contributed by atoms with Crippen LogP contribution in [-0.4, -0.2) is 53.1 Å². The van der Waals surface area contributed by atoms with Crippen LogP contribution in [0.2, 0.25) is 0 Å². The van der Waals surface area contributed by atoms with Gasteiger partial charge >= 0.3 is 0 Å². The molecule has 10 heteroatoms. The van der Waals surface area contributed by atoms with E-state index in [-0.39, 0.29) is 24.9 Å². The van der Waals surface area contributed by atoms with Crippen molar-refractivity contribution in [2.75, 3.05) is 37.4 Å². The van der Waals surface area contributed by atoms with E-state index in [4.69, 9.17) is 18.9 Å². The summed E-state index contributed by atoms with van der Waals surface area (Å²) in [6.07, 6.45) is 2.30. The third-order valence-corrected chi connectivity index (χ3v) is 7.19. The van der Waals surface area contributed by atoms with Crippen molar-refractivity contribution in [2.24, 2.45) is 0 Å². The maximum absolute atomic E-state index is 12.8. The summed E-state index contributed by atoms with van der Waals surface area (Å²) >= 11 is 0. The fourth-order valence-electron chi connectivity index (χ4n) is 4.41. The van der Waals surface area contributed by atoms with E-state index in [1.54, 1.807) is 25.3 Å². The number of nitrogens with zero attached hydrogens (tertiary/aromatic N) is 1. The monoisotopic (exact) mass is 504 g/mol. The molecule has 0 saturated carbocycles. The number of hydrogen-bond acceptors (Lipinski definition) is 7. The molecule has 0 radical (unpaired) electrons. The molecular formula is C25H32N2O7S. The second kappa shape index (κ2) is 9.85. The SMILES string of the molecule is COc1ccc2c(c1)OC(C)(C)C[C@@H]2NC(=O)CCCN(c1ccc2c(c1)OCCO2)S(C)(=O)=O. The number of ether oxygens (including phenoxy) is 4. The highest BCUT2D eigenvalue weighted by Crippen LogP contribution is 2.41. The molecule has 2 aromatic rings. The van der Waals surface area contributed by atoms with Crippen LogP contribution in [0.4, 0.5) is 5.69 Å². The number of rotatable bonds is 8. The third-order valence-electron chi connectivity index (χ3n) is 5.99. The second-order valence-electron chi connectivity index (χ2n) is 9.36. The molecule has 2 aromatic carbocycles. The topological polar surface area (TPSA) is 103 Å². The van der Waals surface area contributed by atoms with Crippen LogP contribution < -0.4 is 28.6 Å². The van der Waals surface area contributed by atoms with Crippen LogP contribution in [0.15, 0.2) is 36.4 Å². The smallest absolute Gasteiger partial charge is 0.232 e. The number of amides is 1. The summed E-state index contributed by atoms with van der Waals surface area (Å²) in [5, 5.41) is 3.10. The van der Waals surface area contributed by atoms with Crippen LogP contribution in [0.25, 0.3) is 0 Å². The fourth-order valence-corrected chi connectivity index (χ4v) is 5.37. The van der Waals surface area contributed by atoms with Gasteiger partial charge in [0.25, 0.3) is 0 Å². The first-order chi connectivity index (χ1) is 16.6. The molecule has 35 heavy (non-hydrogen) atoms. The van der Waals surface area contributed by atoms with E-state index in [0.29, 0.717) is 54.7 Å². The van der Waals surface area contributed by atoms with Gasteiger partial charge in [0.2, 0.25) is 15.9 Å². The Bertz CT molecular complexity index is 1200. The number of benzene rings is 2. The molecule has 0 aliphatic carbocycles. The predicted molar refractivity (Wildman–Crippen MR) is 132 cm³/mol. The van der Waals surface area contributed by atoms with Gasteiger partial charge in [0, 0.05) is 37.1 Å². The van der Waals surface area contributed by atoms with Gasteiger partial charge in [-0.3, -0.25) is 9.10 Å². The van der Waals surface area contributed by atoms with Crippen molar-refractivity contribution in [1.82, 2.24) is 5.32 Å². The van der Waals surface area contributed by atoms with Crippen molar-refractivity contribution in [3.05, 3.63) is 42.0 Å². The molecule has 0 saturated heterocycles. The van der Waals surface area contributed by atoms with Gasteiger partial charge in [-0.15, -0.1) is 0 Å². The van der Waals surface area contributed by atoms with E-state index in [2.05, 4.69) is 5.32 Å². The van der Waals surface area contributed by atoms with Gasteiger partial charge in [0.05, 0.1) is 25.1 Å². The predicted octanol–water partition coefficient (Wildman–Crippen LogP) is 3.43. The zero-order chi connectivity index (χ0) is 25.2. The molecule has 0 fully saturated rings. The number of fused-ring (bicyclic) bond motifs is 2. The molecule has 0 spiro atoms. The van der Waals surface area contributed by atoms with Gasteiger partial charge < -0.3 is 24.3 Å². The van der Waals surface area contributed by atoms with Crippen molar-refractivity contribution < 1.29 is 32.2 Å². The average Bonchev–Trinajstić information content (AvgIpc) is 2.79. The molecule has 1 N–H and O–H groups in total. The van der Waals surface area contributed by atoms with Gasteiger partial charge in [-0.05, 0) is 44.5 Å². The number of hydrogen-bond donors (Lipinski definition) is 1. The van der Waals surface area contributed by atoms with Gasteiger partial charge in [-0.1, -0.05) is 0 Å². The normalized spacial score (nSPS) is 18.1. The van der Waals surface area contributed by atoms with Crippen molar-refractivity contribution in [2.45, 2.75) is 44.8 Å². The Morgan fingerprint density at radius 3 is 2.57 bits per heavy atom. The minimum Gasteiger partial charge on any atom is -0.497 e. The number of carbonyl (C=O) groups excluding carboxylic acids is 1. The Kier molecular flexibility index (Phi) is 7.02. The van der Waals surface area contributed by atoms with Crippen LogP contribution in [0.5, 0.6) is 23.0 Å². The third kappa shape index (κ3) is 5.93. The van der Waals surface area contributed by atoms with E-state index in [0.717, 1.165) is 11.8 Å². The van der Waals surface area contributed by atoms with Crippen LogP contribution in [0.3, 0.4) is 0 Å². The zero-order valence-corrected chi connectivity index (χ0v) is 21.3. The summed E-state index contributed by atoms with van der Waals surface area (Å²) in [5.74, 6) is 2.33. The number of carbonyl (C=O) groups is 1. The maximum atomic E-state index is 12.8. The lowest BCUT2D eigenvalue weighted by Gasteiger charge is -2.38. The molecule has 190 valence electrons. The number of anilines is 1. The van der Waals surface area contributed by atoms with E-state index >= 15 is 0 Å². The first-order valence-corrected chi connectivity index (χ1v) is 13.4. The average molecular weight is 505 g/mol. The Balaban J connectivity index is 1.41. The van der Waals surface area contributed by atoms with E-state index in [1.165, 1.54) is 4.31 Å². The van der Waals surface area contributed by atoms with Crippen molar-refractivity contribution in [3.63, 3.8) is 0 Å². The first-order valence-electron chi connectivity index (χ1n) is 11.6. The summed E-state index contributed by atoms with van der Waals surface area (Å²) in [6, 6.07) is 10.4. The summed E-state index contributed by atoms with van der Waals surface area (Å²) < 4.78 is 48.7. The molecule has 0 unspecified atom stereocenters. The lowest BCUT2D eigenvalue weighted by atomic mass is 9.89. The largest absolute Gasteiger partial charge is 0.497 e. The van der Waals surface area contributed by atoms with E-state index < -0.39 is 15.6 Å². The quantitative estimate of drug-likeness (QED) is 0.587. The summed E-state index contributed by atoms with van der Waals surface area (Å²) in [6.45, 7) is 4.99. The minimum absolute atomic E-state index is 0.148. The molecule has 1 amide bonds. The van der Waals surface area contributed by atoms with Gasteiger partial charge in [-0.2, -0.15) is 0 Å². The van der Waals surface area contributed by atoms with Crippen molar-refractivity contribution >= 4 is 21.6 Å². The molecule has 0 bridgehead atoms. The number of sulfonamides is 1. The maximum Gasteiger partial charge on any atom is 0.232 e. The molecule has 2 heterocycles. The number of nitrogens with one attached hydrogen (secondary N) is 1. The van der Waals surface area contributed by atoms with Crippen LogP contribution in [0.1, 0.15) is 44.7 Å². The molecule has 2 aliphatic heterocycles. The fraction of sp³-hybridized carbons (Fsp3) is 0.480. The van der Waals surface area contributed by atoms with Crippen LogP contribution >= 0.6 is 0 Å². The Hall–Kier alpha value is -3.14.